The van der Waals surface area contributed by atoms with Gasteiger partial charge in [0.2, 0.25) is 0 Å². The first-order chi connectivity index (χ1) is 10.8. The smallest absolute Gasteiger partial charge is 0.161 e. The van der Waals surface area contributed by atoms with Crippen LogP contribution in [-0.4, -0.2) is 17.5 Å². The molecule has 0 saturated heterocycles. The molecule has 3 aliphatic rings. The first kappa shape index (κ1) is 17.7. The van der Waals surface area contributed by atoms with Gasteiger partial charge < -0.3 is 9.84 Å². The van der Waals surface area contributed by atoms with E-state index in [9.17, 15) is 5.11 Å². The molecule has 0 aromatic rings. The molecule has 3 fully saturated rings. The zero-order chi connectivity index (χ0) is 16.7. The van der Waals surface area contributed by atoms with Crippen LogP contribution in [-0.2, 0) is 4.74 Å². The van der Waals surface area contributed by atoms with E-state index in [1.807, 2.05) is 0 Å². The average Bonchev–Trinajstić information content (AvgIpc) is 3.22. The highest BCUT2D eigenvalue weighted by molar-refractivity contribution is 5.09. The van der Waals surface area contributed by atoms with E-state index in [1.165, 1.54) is 44.9 Å². The van der Waals surface area contributed by atoms with Crippen LogP contribution in [0.2, 0.25) is 0 Å². The fourth-order valence-corrected chi connectivity index (χ4v) is 5.81. The Labute approximate surface area is 143 Å². The van der Waals surface area contributed by atoms with Gasteiger partial charge in [0, 0.05) is 5.41 Å². The van der Waals surface area contributed by atoms with Crippen molar-refractivity contribution in [1.29, 1.82) is 0 Å². The van der Waals surface area contributed by atoms with Crippen molar-refractivity contribution in [2.24, 2.45) is 28.6 Å². The lowest BCUT2D eigenvalue weighted by Gasteiger charge is -2.40. The van der Waals surface area contributed by atoms with Gasteiger partial charge in [-0.05, 0) is 55.3 Å². The predicted octanol–water partition coefficient (Wildman–Crippen LogP) is 5.53. The minimum atomic E-state index is -0.575. The standard InChI is InChI=1S/C21H38O2/c1-15-14-21(15,20(2,3)4)19(22)23-18-12-10-17(11-13-18)16-8-6-5-7-9-16/h15-19,22H,5-14H2,1-4H3. The third-order valence-corrected chi connectivity index (χ3v) is 7.56. The van der Waals surface area contributed by atoms with Gasteiger partial charge in [-0.3, -0.25) is 0 Å². The number of aliphatic hydroxyl groups excluding tert-OH is 1. The quantitative estimate of drug-likeness (QED) is 0.689. The molecule has 23 heavy (non-hydrogen) atoms. The molecule has 1 N–H and O–H groups in total. The Morgan fingerprint density at radius 1 is 0.913 bits per heavy atom. The SMILES string of the molecule is CC1CC1(C(O)OC1CCC(C2CCCCC2)CC1)C(C)(C)C. The van der Waals surface area contributed by atoms with E-state index in [0.717, 1.165) is 31.1 Å². The summed E-state index contributed by atoms with van der Waals surface area (Å²) in [5.41, 5.74) is 0.0956. The van der Waals surface area contributed by atoms with Crippen LogP contribution < -0.4 is 0 Å². The minimum absolute atomic E-state index is 0.0206. The molecule has 0 spiro atoms. The molecule has 2 nitrogen and oxygen atoms in total. The van der Waals surface area contributed by atoms with Crippen LogP contribution >= 0.6 is 0 Å². The Morgan fingerprint density at radius 3 is 1.91 bits per heavy atom. The average molecular weight is 323 g/mol. The Bertz CT molecular complexity index is 385. The Balaban J connectivity index is 1.49. The van der Waals surface area contributed by atoms with Gasteiger partial charge in [-0.15, -0.1) is 0 Å². The first-order valence-electron chi connectivity index (χ1n) is 10.2. The Kier molecular flexibility index (Phi) is 5.14. The summed E-state index contributed by atoms with van der Waals surface area (Å²) < 4.78 is 6.21. The van der Waals surface area contributed by atoms with E-state index >= 15 is 0 Å². The van der Waals surface area contributed by atoms with E-state index in [-0.39, 0.29) is 16.9 Å². The summed E-state index contributed by atoms with van der Waals surface area (Å²) in [6, 6.07) is 0. The summed E-state index contributed by atoms with van der Waals surface area (Å²) in [6.07, 6.45) is 13.1. The summed E-state index contributed by atoms with van der Waals surface area (Å²) in [4.78, 5) is 0. The fraction of sp³-hybridized carbons (Fsp3) is 1.00. The molecule has 3 rings (SSSR count). The highest BCUT2D eigenvalue weighted by atomic mass is 16.6. The molecule has 0 amide bonds. The molecular formula is C21H38O2. The van der Waals surface area contributed by atoms with Crippen molar-refractivity contribution in [2.75, 3.05) is 0 Å². The van der Waals surface area contributed by atoms with Gasteiger partial charge in [-0.25, -0.2) is 0 Å². The van der Waals surface area contributed by atoms with Gasteiger partial charge in [0.25, 0.3) is 0 Å². The molecule has 0 bridgehead atoms. The maximum atomic E-state index is 10.8. The summed E-state index contributed by atoms with van der Waals surface area (Å²) in [5.74, 6) is 2.50. The molecule has 3 atom stereocenters. The zero-order valence-corrected chi connectivity index (χ0v) is 15.8. The van der Waals surface area contributed by atoms with Gasteiger partial charge in [0.15, 0.2) is 6.29 Å². The molecule has 3 unspecified atom stereocenters. The second-order valence-electron chi connectivity index (χ2n) is 9.82. The van der Waals surface area contributed by atoms with Crippen LogP contribution in [0.3, 0.4) is 0 Å². The zero-order valence-electron chi connectivity index (χ0n) is 15.8. The number of rotatable bonds is 4. The van der Waals surface area contributed by atoms with Crippen molar-refractivity contribution in [3.8, 4) is 0 Å². The van der Waals surface area contributed by atoms with E-state index in [2.05, 4.69) is 27.7 Å². The second-order valence-corrected chi connectivity index (χ2v) is 9.82. The van der Waals surface area contributed by atoms with Gasteiger partial charge in [-0.2, -0.15) is 0 Å². The van der Waals surface area contributed by atoms with E-state index in [4.69, 9.17) is 4.74 Å². The summed E-state index contributed by atoms with van der Waals surface area (Å²) in [6.45, 7) is 9.02. The maximum Gasteiger partial charge on any atom is 0.161 e. The highest BCUT2D eigenvalue weighted by Gasteiger charge is 2.63. The molecule has 3 saturated carbocycles. The molecule has 0 aliphatic heterocycles. The largest absolute Gasteiger partial charge is 0.367 e. The normalized spacial score (nSPS) is 40.8. The van der Waals surface area contributed by atoms with Gasteiger partial charge >= 0.3 is 0 Å². The van der Waals surface area contributed by atoms with Crippen molar-refractivity contribution >= 4 is 0 Å². The molecule has 134 valence electrons. The molecule has 0 aromatic carbocycles. The first-order valence-corrected chi connectivity index (χ1v) is 10.2. The van der Waals surface area contributed by atoms with Crippen LogP contribution in [0.25, 0.3) is 0 Å². The highest BCUT2D eigenvalue weighted by Crippen LogP contribution is 2.65. The van der Waals surface area contributed by atoms with Crippen LogP contribution in [0.15, 0.2) is 0 Å². The Morgan fingerprint density at radius 2 is 1.43 bits per heavy atom. The fourth-order valence-electron chi connectivity index (χ4n) is 5.81. The van der Waals surface area contributed by atoms with Crippen molar-refractivity contribution in [3.05, 3.63) is 0 Å². The number of aliphatic hydroxyl groups is 1. The van der Waals surface area contributed by atoms with Crippen molar-refractivity contribution in [2.45, 2.75) is 104 Å². The van der Waals surface area contributed by atoms with E-state index < -0.39 is 6.29 Å². The monoisotopic (exact) mass is 322 g/mol. The lowest BCUT2D eigenvalue weighted by Crippen LogP contribution is -2.40. The van der Waals surface area contributed by atoms with Gasteiger partial charge in [-0.1, -0.05) is 59.8 Å². The summed E-state index contributed by atoms with van der Waals surface area (Å²) in [5, 5.41) is 10.8. The summed E-state index contributed by atoms with van der Waals surface area (Å²) in [7, 11) is 0. The third kappa shape index (κ3) is 3.49. The third-order valence-electron chi connectivity index (χ3n) is 7.56. The van der Waals surface area contributed by atoms with Crippen molar-refractivity contribution in [3.63, 3.8) is 0 Å². The van der Waals surface area contributed by atoms with Crippen LogP contribution in [0, 0.1) is 28.6 Å². The van der Waals surface area contributed by atoms with E-state index in [1.54, 1.807) is 0 Å². The Hall–Kier alpha value is -0.0800. The number of ether oxygens (including phenoxy) is 1. The van der Waals surface area contributed by atoms with Crippen molar-refractivity contribution in [1.82, 2.24) is 0 Å². The number of hydrogen-bond donors (Lipinski definition) is 1. The second kappa shape index (κ2) is 6.67. The van der Waals surface area contributed by atoms with Crippen LogP contribution in [0.5, 0.6) is 0 Å². The lowest BCUT2D eigenvalue weighted by molar-refractivity contribution is -0.206. The molecule has 2 heteroatoms. The maximum absolute atomic E-state index is 10.8. The number of hydrogen-bond acceptors (Lipinski definition) is 2. The van der Waals surface area contributed by atoms with Crippen LogP contribution in [0.4, 0.5) is 0 Å². The van der Waals surface area contributed by atoms with Gasteiger partial charge in [0.05, 0.1) is 6.10 Å². The molecule has 0 heterocycles. The van der Waals surface area contributed by atoms with Crippen molar-refractivity contribution < 1.29 is 9.84 Å². The predicted molar refractivity (Wildman–Crippen MR) is 95.1 cm³/mol. The molecule has 0 aromatic heterocycles. The topological polar surface area (TPSA) is 29.5 Å². The molecular weight excluding hydrogens is 284 g/mol. The molecule has 3 aliphatic carbocycles. The lowest BCUT2D eigenvalue weighted by atomic mass is 9.72. The summed E-state index contributed by atoms with van der Waals surface area (Å²) >= 11 is 0. The van der Waals surface area contributed by atoms with E-state index in [0.29, 0.717) is 5.92 Å². The van der Waals surface area contributed by atoms with Gasteiger partial charge in [0.1, 0.15) is 0 Å². The van der Waals surface area contributed by atoms with Crippen LogP contribution in [0.1, 0.15) is 91.9 Å². The molecule has 0 radical (unpaired) electrons. The minimum Gasteiger partial charge on any atom is -0.367 e.